The van der Waals surface area contributed by atoms with Crippen molar-refractivity contribution in [3.63, 3.8) is 0 Å². The van der Waals surface area contributed by atoms with E-state index in [1.165, 1.54) is 22.3 Å². The van der Waals surface area contributed by atoms with Gasteiger partial charge in [0.1, 0.15) is 5.75 Å². The van der Waals surface area contributed by atoms with Gasteiger partial charge in [0.25, 0.3) is 5.91 Å². The highest BCUT2D eigenvalue weighted by Crippen LogP contribution is 2.29. The number of carbonyl (C=O) groups excluding carboxylic acids is 2. The minimum Gasteiger partial charge on any atom is -0.422 e. The summed E-state index contributed by atoms with van der Waals surface area (Å²) in [6, 6.07) is 12.2. The van der Waals surface area contributed by atoms with Gasteiger partial charge in [-0.25, -0.2) is 4.79 Å². The Kier molecular flexibility index (Phi) is 5.16. The van der Waals surface area contributed by atoms with Gasteiger partial charge in [0, 0.05) is 0 Å². The van der Waals surface area contributed by atoms with Gasteiger partial charge in [-0.1, -0.05) is 23.8 Å². The van der Waals surface area contributed by atoms with Crippen LogP contribution in [0.4, 0.5) is 0 Å². The lowest BCUT2D eigenvalue weighted by atomic mass is 10.1. The molecule has 0 saturated heterocycles. The van der Waals surface area contributed by atoms with Crippen molar-refractivity contribution in [2.75, 3.05) is 0 Å². The molecule has 2 aliphatic heterocycles. The van der Waals surface area contributed by atoms with Crippen molar-refractivity contribution in [2.45, 2.75) is 6.92 Å². The van der Waals surface area contributed by atoms with E-state index >= 15 is 0 Å². The van der Waals surface area contributed by atoms with E-state index < -0.39 is 11.9 Å². The number of halogens is 1. The number of nitrogens with one attached hydrogen (secondary N) is 1. The van der Waals surface area contributed by atoms with Gasteiger partial charge in [-0.3, -0.25) is 10.2 Å². The molecule has 2 aromatic rings. The van der Waals surface area contributed by atoms with Gasteiger partial charge in [-0.2, -0.15) is 15.1 Å². The highest BCUT2D eigenvalue weighted by atomic mass is 79.9. The maximum Gasteiger partial charge on any atom is 0.343 e. The molecule has 0 fully saturated rings. The van der Waals surface area contributed by atoms with E-state index in [1.54, 1.807) is 42.5 Å². The largest absolute Gasteiger partial charge is 0.422 e. The normalized spacial score (nSPS) is 16.8. The third-order valence-electron chi connectivity index (χ3n) is 4.12. The summed E-state index contributed by atoms with van der Waals surface area (Å²) in [6.45, 7) is 1.90. The predicted molar refractivity (Wildman–Crippen MR) is 116 cm³/mol. The van der Waals surface area contributed by atoms with Gasteiger partial charge < -0.3 is 4.74 Å². The maximum atomic E-state index is 12.3. The van der Waals surface area contributed by atoms with Gasteiger partial charge in [-0.05, 0) is 70.5 Å². The van der Waals surface area contributed by atoms with E-state index in [-0.39, 0.29) is 11.4 Å². The van der Waals surface area contributed by atoms with E-state index in [9.17, 15) is 9.59 Å². The van der Waals surface area contributed by atoms with Crippen molar-refractivity contribution in [1.29, 1.82) is 5.41 Å². The van der Waals surface area contributed by atoms with Crippen LogP contribution in [0.3, 0.4) is 0 Å². The zero-order chi connectivity index (χ0) is 20.5. The summed E-state index contributed by atoms with van der Waals surface area (Å²) in [7, 11) is 0. The van der Waals surface area contributed by atoms with E-state index in [0.29, 0.717) is 26.5 Å². The van der Waals surface area contributed by atoms with Crippen LogP contribution in [-0.4, -0.2) is 33.4 Å². The van der Waals surface area contributed by atoms with Crippen LogP contribution in [0.5, 0.6) is 5.75 Å². The summed E-state index contributed by atoms with van der Waals surface area (Å²) in [5.74, 6) is -0.641. The molecular formula is C20H13BrN4O3S. The standard InChI is InChI=1S/C20H13BrN4O3S/c1-11-3-2-4-13(7-11)19(27)28-16-6-5-12(9-15(16)21)8-14-17(22)25-20(24-18(14)26)29-10-23-25/h2-10,22H,1H3. The first kappa shape index (κ1) is 19.3. The van der Waals surface area contributed by atoms with Crippen molar-refractivity contribution in [3.05, 3.63) is 69.2 Å². The molecule has 0 atom stereocenters. The number of thioether (sulfide) groups is 1. The number of amides is 1. The van der Waals surface area contributed by atoms with Gasteiger partial charge in [0.15, 0.2) is 11.0 Å². The number of hydrogen-bond donors (Lipinski definition) is 1. The zero-order valence-corrected chi connectivity index (χ0v) is 17.5. The summed E-state index contributed by atoms with van der Waals surface area (Å²) in [5, 5.41) is 13.9. The van der Waals surface area contributed by atoms with Crippen LogP contribution in [0.25, 0.3) is 6.08 Å². The molecule has 1 amide bonds. The molecule has 2 aliphatic rings. The fourth-order valence-electron chi connectivity index (χ4n) is 2.72. The first-order valence-electron chi connectivity index (χ1n) is 8.43. The summed E-state index contributed by atoms with van der Waals surface area (Å²) >= 11 is 4.58. The minimum absolute atomic E-state index is 0.0349. The van der Waals surface area contributed by atoms with Crippen LogP contribution < -0.4 is 4.74 Å². The molecule has 0 aliphatic carbocycles. The Morgan fingerprint density at radius 1 is 1.28 bits per heavy atom. The molecule has 1 N–H and O–H groups in total. The molecule has 4 rings (SSSR count). The molecule has 0 unspecified atom stereocenters. The molecule has 0 radical (unpaired) electrons. The molecule has 2 heterocycles. The lowest BCUT2D eigenvalue weighted by molar-refractivity contribution is -0.114. The predicted octanol–water partition coefficient (Wildman–Crippen LogP) is 4.23. The number of aliphatic imine (C=N–C) groups is 1. The first-order valence-corrected chi connectivity index (χ1v) is 10.1. The molecule has 9 heteroatoms. The Morgan fingerprint density at radius 2 is 2.10 bits per heavy atom. The van der Waals surface area contributed by atoms with E-state index in [4.69, 9.17) is 10.1 Å². The SMILES string of the molecule is Cc1cccc(C(=O)Oc2ccc(C=C3C(=N)N4N=CSC4=NC3=O)cc2Br)c1. The fraction of sp³-hybridized carbons (Fsp3) is 0.0500. The molecule has 2 aromatic carbocycles. The van der Waals surface area contributed by atoms with E-state index in [1.807, 2.05) is 13.0 Å². The highest BCUT2D eigenvalue weighted by molar-refractivity contribution is 9.10. The van der Waals surface area contributed by atoms with Crippen LogP contribution in [-0.2, 0) is 4.79 Å². The summed E-state index contributed by atoms with van der Waals surface area (Å²) in [5.41, 5.74) is 3.73. The summed E-state index contributed by atoms with van der Waals surface area (Å²) in [4.78, 5) is 28.6. The number of ether oxygens (including phenoxy) is 1. The number of rotatable bonds is 3. The molecule has 7 nitrogen and oxygen atoms in total. The second-order valence-corrected chi connectivity index (χ2v) is 7.87. The van der Waals surface area contributed by atoms with Crippen molar-refractivity contribution in [2.24, 2.45) is 10.1 Å². The topological polar surface area (TPSA) is 95.2 Å². The van der Waals surface area contributed by atoms with E-state index in [2.05, 4.69) is 26.0 Å². The number of aryl methyl sites for hydroxylation is 1. The third kappa shape index (κ3) is 3.92. The van der Waals surface area contributed by atoms with Crippen LogP contribution >= 0.6 is 27.7 Å². The highest BCUT2D eigenvalue weighted by Gasteiger charge is 2.32. The minimum atomic E-state index is -0.495. The average molecular weight is 469 g/mol. The Bertz CT molecular complexity index is 1160. The molecule has 0 saturated carbocycles. The summed E-state index contributed by atoms with van der Waals surface area (Å²) < 4.78 is 6.01. The smallest absolute Gasteiger partial charge is 0.343 e. The molecule has 144 valence electrons. The van der Waals surface area contributed by atoms with Gasteiger partial charge >= 0.3 is 5.97 Å². The Morgan fingerprint density at radius 3 is 2.86 bits per heavy atom. The molecule has 0 spiro atoms. The molecule has 29 heavy (non-hydrogen) atoms. The number of nitrogens with zero attached hydrogens (tertiary/aromatic N) is 3. The number of benzene rings is 2. The Labute approximate surface area is 178 Å². The summed E-state index contributed by atoms with van der Waals surface area (Å²) in [6.07, 6.45) is 1.56. The van der Waals surface area contributed by atoms with Crippen LogP contribution in [0.1, 0.15) is 21.5 Å². The van der Waals surface area contributed by atoms with Crippen LogP contribution in [0.2, 0.25) is 0 Å². The third-order valence-corrected chi connectivity index (χ3v) is 5.41. The average Bonchev–Trinajstić information content (AvgIpc) is 3.15. The number of carbonyl (C=O) groups is 2. The zero-order valence-electron chi connectivity index (χ0n) is 15.0. The number of amidine groups is 2. The monoisotopic (exact) mass is 468 g/mol. The van der Waals surface area contributed by atoms with E-state index in [0.717, 1.165) is 5.56 Å². The first-order chi connectivity index (χ1) is 13.9. The Balaban J connectivity index is 1.57. The Hall–Kier alpha value is -3.04. The second kappa shape index (κ2) is 7.76. The maximum absolute atomic E-state index is 12.3. The lowest BCUT2D eigenvalue weighted by Gasteiger charge is -2.20. The second-order valence-electron chi connectivity index (χ2n) is 6.21. The molecular weight excluding hydrogens is 456 g/mol. The van der Waals surface area contributed by atoms with Crippen molar-refractivity contribution in [1.82, 2.24) is 5.01 Å². The van der Waals surface area contributed by atoms with Crippen molar-refractivity contribution < 1.29 is 14.3 Å². The van der Waals surface area contributed by atoms with Gasteiger partial charge in [0.05, 0.1) is 21.2 Å². The number of hydrazone groups is 1. The van der Waals surface area contributed by atoms with Gasteiger partial charge in [0.2, 0.25) is 0 Å². The quantitative estimate of drug-likeness (QED) is 0.413. The number of fused-ring (bicyclic) bond motifs is 1. The van der Waals surface area contributed by atoms with Crippen LogP contribution in [0, 0.1) is 12.3 Å². The number of esters is 1. The lowest BCUT2D eigenvalue weighted by Crippen LogP contribution is -2.35. The van der Waals surface area contributed by atoms with Crippen molar-refractivity contribution >= 4 is 62.2 Å². The molecule has 0 bridgehead atoms. The van der Waals surface area contributed by atoms with Crippen molar-refractivity contribution in [3.8, 4) is 5.75 Å². The van der Waals surface area contributed by atoms with Crippen LogP contribution in [0.15, 0.2) is 62.6 Å². The van der Waals surface area contributed by atoms with Gasteiger partial charge in [-0.15, -0.1) is 0 Å². The molecule has 0 aromatic heterocycles. The number of hydrogen-bond acceptors (Lipinski definition) is 6. The fourth-order valence-corrected chi connectivity index (χ4v) is 3.81.